The van der Waals surface area contributed by atoms with Crippen LogP contribution in [0.15, 0.2) is 29.2 Å². The molecule has 0 bridgehead atoms. The van der Waals surface area contributed by atoms with Gasteiger partial charge in [0, 0.05) is 11.9 Å². The molecule has 1 aliphatic carbocycles. The van der Waals surface area contributed by atoms with E-state index in [4.69, 9.17) is 5.73 Å². The van der Waals surface area contributed by atoms with E-state index in [2.05, 4.69) is 50.7 Å². The Bertz CT molecular complexity index is 516. The third-order valence-corrected chi connectivity index (χ3v) is 3.71. The molecule has 1 aliphatic rings. The van der Waals surface area contributed by atoms with Gasteiger partial charge in [-0.1, -0.05) is 39.2 Å². The standard InChI is InChI=1S/C10H15.C6H8N3O.Mn/c1-7-6-10(4,5)9(3)8(7)2;7-5(3-10)1-6-2-8-4-9-6;/h1-5H3;2,4-5H,1,7H2,(H,8,9);/q2*-1;+2/t;5-;/m.0./s1. The number of hydrogen-bond acceptors (Lipinski definition) is 3. The van der Waals surface area contributed by atoms with Crippen LogP contribution in [-0.2, 0) is 28.3 Å². The molecular weight excluding hydrogens is 305 g/mol. The first-order valence-corrected chi connectivity index (χ1v) is 6.68. The molecule has 1 aromatic rings. The second-order valence-corrected chi connectivity index (χ2v) is 5.63. The van der Waals surface area contributed by atoms with Gasteiger partial charge in [-0.05, 0) is 6.42 Å². The van der Waals surface area contributed by atoms with E-state index in [1.807, 2.05) is 0 Å². The zero-order valence-corrected chi connectivity index (χ0v) is 14.4. The molecule has 0 spiro atoms. The van der Waals surface area contributed by atoms with Gasteiger partial charge in [0.25, 0.3) is 0 Å². The SMILES string of the molecule is CC1=[C-]C(C)(C)C(C)=C1C.N[C@H]([C-]=O)Cc1cnc[nH]1.[Mn+2]. The van der Waals surface area contributed by atoms with Crippen LogP contribution in [0.1, 0.15) is 40.3 Å². The zero-order valence-electron chi connectivity index (χ0n) is 13.2. The van der Waals surface area contributed by atoms with Gasteiger partial charge in [-0.2, -0.15) is 11.1 Å². The maximum atomic E-state index is 9.95. The van der Waals surface area contributed by atoms with Crippen molar-refractivity contribution in [1.82, 2.24) is 9.97 Å². The fourth-order valence-corrected chi connectivity index (χ4v) is 2.08. The molecule has 0 saturated carbocycles. The number of aromatic amines is 1. The first kappa shape index (κ1) is 19.8. The van der Waals surface area contributed by atoms with Crippen LogP contribution >= 0.6 is 0 Å². The van der Waals surface area contributed by atoms with E-state index in [0.717, 1.165) is 5.69 Å². The van der Waals surface area contributed by atoms with E-state index in [1.165, 1.54) is 16.7 Å². The van der Waals surface area contributed by atoms with E-state index in [1.54, 1.807) is 18.8 Å². The molecule has 5 heteroatoms. The van der Waals surface area contributed by atoms with Gasteiger partial charge < -0.3 is 15.5 Å². The first-order chi connectivity index (χ1) is 9.27. The number of nitrogens with one attached hydrogen (secondary N) is 1. The van der Waals surface area contributed by atoms with Crippen molar-refractivity contribution in [2.75, 3.05) is 0 Å². The van der Waals surface area contributed by atoms with Crippen molar-refractivity contribution in [3.63, 3.8) is 0 Å². The Morgan fingerprint density at radius 1 is 1.43 bits per heavy atom. The Kier molecular flexibility index (Phi) is 7.86. The van der Waals surface area contributed by atoms with Crippen LogP contribution in [-0.4, -0.2) is 22.3 Å². The predicted molar refractivity (Wildman–Crippen MR) is 80.5 cm³/mol. The van der Waals surface area contributed by atoms with Gasteiger partial charge >= 0.3 is 17.1 Å². The summed E-state index contributed by atoms with van der Waals surface area (Å²) in [6, 6.07) is -0.541. The minimum Gasteiger partial charge on any atom is -0.540 e. The fraction of sp³-hybridized carbons (Fsp3) is 0.500. The Labute approximate surface area is 137 Å². The molecule has 0 amide bonds. The largest absolute Gasteiger partial charge is 2.00 e. The number of aromatic nitrogens is 2. The van der Waals surface area contributed by atoms with Crippen LogP contribution in [0.25, 0.3) is 0 Å². The van der Waals surface area contributed by atoms with Crippen LogP contribution in [0.5, 0.6) is 0 Å². The van der Waals surface area contributed by atoms with Crippen molar-refractivity contribution in [3.05, 3.63) is 41.0 Å². The van der Waals surface area contributed by atoms with Crippen molar-refractivity contribution in [2.24, 2.45) is 11.1 Å². The first-order valence-electron chi connectivity index (χ1n) is 6.68. The van der Waals surface area contributed by atoms with E-state index < -0.39 is 6.04 Å². The average molecular weight is 328 g/mol. The summed E-state index contributed by atoms with van der Waals surface area (Å²) in [6.45, 7) is 10.9. The summed E-state index contributed by atoms with van der Waals surface area (Å²) in [5.74, 6) is 0. The molecule has 1 aromatic heterocycles. The van der Waals surface area contributed by atoms with Crippen molar-refractivity contribution in [1.29, 1.82) is 0 Å². The van der Waals surface area contributed by atoms with Crippen molar-refractivity contribution < 1.29 is 21.9 Å². The second kappa shape index (κ2) is 8.32. The van der Waals surface area contributed by atoms with Crippen LogP contribution in [0.4, 0.5) is 0 Å². The third-order valence-electron chi connectivity index (χ3n) is 3.71. The fourth-order valence-electron chi connectivity index (χ4n) is 2.08. The number of rotatable bonds is 3. The number of nitrogens with two attached hydrogens (primary N) is 1. The minimum absolute atomic E-state index is 0. The number of allylic oxidation sites excluding steroid dienone is 4. The van der Waals surface area contributed by atoms with E-state index >= 15 is 0 Å². The quantitative estimate of drug-likeness (QED) is 0.661. The number of imidazole rings is 1. The molecule has 3 N–H and O–H groups in total. The Morgan fingerprint density at radius 3 is 2.33 bits per heavy atom. The Balaban J connectivity index is 0.000000364. The number of H-pyrrole nitrogens is 1. The van der Waals surface area contributed by atoms with Crippen LogP contribution in [0.2, 0.25) is 0 Å². The molecule has 1 radical (unpaired) electrons. The summed E-state index contributed by atoms with van der Waals surface area (Å²) >= 11 is 0. The summed E-state index contributed by atoms with van der Waals surface area (Å²) < 4.78 is 0. The Hall–Kier alpha value is -1.16. The van der Waals surface area contributed by atoms with Crippen molar-refractivity contribution >= 4 is 6.29 Å². The third kappa shape index (κ3) is 5.62. The van der Waals surface area contributed by atoms with Crippen LogP contribution in [0.3, 0.4) is 0 Å². The van der Waals surface area contributed by atoms with E-state index in [0.29, 0.717) is 6.42 Å². The molecule has 0 aliphatic heterocycles. The van der Waals surface area contributed by atoms with Crippen LogP contribution < -0.4 is 5.73 Å². The van der Waals surface area contributed by atoms with Gasteiger partial charge in [-0.15, -0.1) is 6.92 Å². The van der Waals surface area contributed by atoms with Gasteiger partial charge in [0.15, 0.2) is 0 Å². The van der Waals surface area contributed by atoms with E-state index in [-0.39, 0.29) is 22.5 Å². The molecule has 0 unspecified atom stereocenters. The number of nitrogens with zero attached hydrogens (tertiary/aromatic N) is 1. The molecular formula is C16H23MnN3O. The molecule has 4 nitrogen and oxygen atoms in total. The average Bonchev–Trinajstić information content (AvgIpc) is 2.94. The van der Waals surface area contributed by atoms with Crippen LogP contribution in [0, 0.1) is 11.5 Å². The van der Waals surface area contributed by atoms with Gasteiger partial charge in [-0.25, -0.2) is 16.8 Å². The molecule has 0 aromatic carbocycles. The molecule has 0 fully saturated rings. The maximum Gasteiger partial charge on any atom is 2.00 e. The molecule has 115 valence electrons. The molecule has 1 atom stereocenters. The summed E-state index contributed by atoms with van der Waals surface area (Å²) in [6.07, 6.45) is 8.78. The number of carbonyl (C=O) groups excluding carboxylic acids is 1. The summed E-state index contributed by atoms with van der Waals surface area (Å²) in [5.41, 5.74) is 10.5. The Morgan fingerprint density at radius 2 is 2.05 bits per heavy atom. The van der Waals surface area contributed by atoms with Gasteiger partial charge in [0.2, 0.25) is 0 Å². The monoisotopic (exact) mass is 328 g/mol. The van der Waals surface area contributed by atoms with Gasteiger partial charge in [-0.3, -0.25) is 6.08 Å². The van der Waals surface area contributed by atoms with E-state index in [9.17, 15) is 4.79 Å². The molecule has 0 saturated heterocycles. The predicted octanol–water partition coefficient (Wildman–Crippen LogP) is 2.50. The maximum absolute atomic E-state index is 9.95. The molecule has 1 heterocycles. The summed E-state index contributed by atoms with van der Waals surface area (Å²) in [4.78, 5) is 16.5. The normalized spacial score (nSPS) is 17.3. The topological polar surface area (TPSA) is 71.8 Å². The van der Waals surface area contributed by atoms with Crippen molar-refractivity contribution in [2.45, 2.75) is 47.1 Å². The summed E-state index contributed by atoms with van der Waals surface area (Å²) in [5, 5.41) is 0. The van der Waals surface area contributed by atoms with Crippen molar-refractivity contribution in [3.8, 4) is 0 Å². The van der Waals surface area contributed by atoms with Gasteiger partial charge in [0.1, 0.15) is 0 Å². The molecule has 2 rings (SSSR count). The smallest absolute Gasteiger partial charge is 0.540 e. The zero-order chi connectivity index (χ0) is 15.3. The number of hydrogen-bond donors (Lipinski definition) is 2. The summed E-state index contributed by atoms with van der Waals surface area (Å²) in [7, 11) is 0. The minimum atomic E-state index is -0.541. The second-order valence-electron chi connectivity index (χ2n) is 5.63. The molecule has 21 heavy (non-hydrogen) atoms. The van der Waals surface area contributed by atoms with Gasteiger partial charge in [0.05, 0.1) is 6.33 Å².